The van der Waals surface area contributed by atoms with E-state index in [1.165, 1.54) is 0 Å². The summed E-state index contributed by atoms with van der Waals surface area (Å²) in [7, 11) is 0. The molecular formula is C15H16O2. The van der Waals surface area contributed by atoms with Gasteiger partial charge in [-0.3, -0.25) is 4.79 Å². The summed E-state index contributed by atoms with van der Waals surface area (Å²) < 4.78 is 5.66. The van der Waals surface area contributed by atoms with Crippen LogP contribution in [0.3, 0.4) is 0 Å². The molecule has 1 aromatic heterocycles. The fraction of sp³-hybridized carbons (Fsp3) is 0.400. The summed E-state index contributed by atoms with van der Waals surface area (Å²) in [6.45, 7) is 2.06. The van der Waals surface area contributed by atoms with E-state index in [0.717, 1.165) is 36.7 Å². The number of benzene rings is 1. The Morgan fingerprint density at radius 1 is 1.24 bits per heavy atom. The van der Waals surface area contributed by atoms with Crippen LogP contribution >= 0.6 is 0 Å². The lowest BCUT2D eigenvalue weighted by Crippen LogP contribution is -2.23. The van der Waals surface area contributed by atoms with Crippen LogP contribution < -0.4 is 0 Å². The minimum Gasteiger partial charge on any atom is -0.453 e. The Morgan fingerprint density at radius 2 is 1.94 bits per heavy atom. The molecule has 17 heavy (non-hydrogen) atoms. The van der Waals surface area contributed by atoms with E-state index in [0.29, 0.717) is 5.76 Å². The van der Waals surface area contributed by atoms with Gasteiger partial charge in [0.25, 0.3) is 0 Å². The van der Waals surface area contributed by atoms with Crippen LogP contribution in [0.2, 0.25) is 0 Å². The monoisotopic (exact) mass is 228 g/mol. The van der Waals surface area contributed by atoms with E-state index in [1.54, 1.807) is 0 Å². The zero-order chi connectivity index (χ0) is 11.9. The molecule has 0 amide bonds. The van der Waals surface area contributed by atoms with E-state index in [1.807, 2.05) is 30.3 Å². The second-order valence-electron chi connectivity index (χ2n) is 5.25. The molecule has 2 heteroatoms. The van der Waals surface area contributed by atoms with Crippen molar-refractivity contribution in [1.82, 2.24) is 0 Å². The van der Waals surface area contributed by atoms with Gasteiger partial charge >= 0.3 is 0 Å². The summed E-state index contributed by atoms with van der Waals surface area (Å²) >= 11 is 0. The third kappa shape index (κ3) is 1.68. The number of ketones is 1. The molecule has 0 atom stereocenters. The number of furan rings is 1. The van der Waals surface area contributed by atoms with Gasteiger partial charge in [-0.1, -0.05) is 38.0 Å². The van der Waals surface area contributed by atoms with Crippen molar-refractivity contribution in [1.29, 1.82) is 0 Å². The molecule has 0 radical (unpaired) electrons. The number of Topliss-reactive ketones (excluding diaryl/α,β-unsaturated/α-hetero) is 1. The minimum absolute atomic E-state index is 0.172. The van der Waals surface area contributed by atoms with Gasteiger partial charge in [-0.15, -0.1) is 0 Å². The summed E-state index contributed by atoms with van der Waals surface area (Å²) in [6, 6.07) is 9.65. The van der Waals surface area contributed by atoms with Gasteiger partial charge in [0.15, 0.2) is 5.76 Å². The lowest BCUT2D eigenvalue weighted by Gasteiger charge is -2.19. The van der Waals surface area contributed by atoms with Gasteiger partial charge in [-0.2, -0.15) is 0 Å². The highest BCUT2D eigenvalue weighted by atomic mass is 16.3. The molecule has 1 aliphatic carbocycles. The second-order valence-corrected chi connectivity index (χ2v) is 5.25. The van der Waals surface area contributed by atoms with Gasteiger partial charge in [0.1, 0.15) is 5.58 Å². The lowest BCUT2D eigenvalue weighted by molar-refractivity contribution is 0.0795. The SMILES string of the molecule is CC1(C(=O)c2cc3ccccc3o2)CCCC1. The molecule has 1 fully saturated rings. The molecular weight excluding hydrogens is 212 g/mol. The van der Waals surface area contributed by atoms with Crippen LogP contribution in [0.1, 0.15) is 43.2 Å². The molecule has 1 aromatic carbocycles. The van der Waals surface area contributed by atoms with Gasteiger partial charge in [0.05, 0.1) is 0 Å². The molecule has 0 spiro atoms. The van der Waals surface area contributed by atoms with E-state index in [2.05, 4.69) is 6.92 Å². The molecule has 1 saturated carbocycles. The first kappa shape index (κ1) is 10.6. The Morgan fingerprint density at radius 3 is 2.65 bits per heavy atom. The van der Waals surface area contributed by atoms with Gasteiger partial charge in [-0.25, -0.2) is 0 Å². The maximum absolute atomic E-state index is 12.4. The Hall–Kier alpha value is -1.57. The third-order valence-electron chi connectivity index (χ3n) is 3.90. The van der Waals surface area contributed by atoms with Crippen LogP contribution in [0.4, 0.5) is 0 Å². The zero-order valence-electron chi connectivity index (χ0n) is 10.0. The number of carbonyl (C=O) groups excluding carboxylic acids is 1. The van der Waals surface area contributed by atoms with Crippen molar-refractivity contribution in [2.75, 3.05) is 0 Å². The maximum atomic E-state index is 12.4. The van der Waals surface area contributed by atoms with Crippen LogP contribution in [-0.2, 0) is 0 Å². The van der Waals surface area contributed by atoms with E-state index >= 15 is 0 Å². The quantitative estimate of drug-likeness (QED) is 0.721. The minimum atomic E-state index is -0.201. The van der Waals surface area contributed by atoms with Crippen molar-refractivity contribution in [2.45, 2.75) is 32.6 Å². The molecule has 1 heterocycles. The topological polar surface area (TPSA) is 30.2 Å². The van der Waals surface area contributed by atoms with Gasteiger partial charge in [0, 0.05) is 10.8 Å². The predicted octanol–water partition coefficient (Wildman–Crippen LogP) is 4.20. The van der Waals surface area contributed by atoms with Crippen LogP contribution in [0.15, 0.2) is 34.7 Å². The number of hydrogen-bond acceptors (Lipinski definition) is 2. The smallest absolute Gasteiger partial charge is 0.203 e. The lowest BCUT2D eigenvalue weighted by atomic mass is 9.83. The number of hydrogen-bond donors (Lipinski definition) is 0. The molecule has 0 bridgehead atoms. The van der Waals surface area contributed by atoms with Crippen molar-refractivity contribution in [3.05, 3.63) is 36.1 Å². The summed E-state index contributed by atoms with van der Waals surface area (Å²) in [5, 5.41) is 1.01. The number of carbonyl (C=O) groups is 1. The first-order valence-electron chi connectivity index (χ1n) is 6.22. The first-order valence-corrected chi connectivity index (χ1v) is 6.22. The van der Waals surface area contributed by atoms with E-state index in [9.17, 15) is 4.79 Å². The van der Waals surface area contributed by atoms with Crippen molar-refractivity contribution < 1.29 is 9.21 Å². The van der Waals surface area contributed by atoms with Gasteiger partial charge in [0.2, 0.25) is 5.78 Å². The highest BCUT2D eigenvalue weighted by Crippen LogP contribution is 2.40. The highest BCUT2D eigenvalue weighted by molar-refractivity contribution is 6.01. The van der Waals surface area contributed by atoms with Gasteiger partial charge < -0.3 is 4.42 Å². The van der Waals surface area contributed by atoms with Crippen LogP contribution in [0, 0.1) is 5.41 Å². The molecule has 88 valence electrons. The van der Waals surface area contributed by atoms with Crippen LogP contribution in [-0.4, -0.2) is 5.78 Å². The largest absolute Gasteiger partial charge is 0.453 e. The molecule has 0 aliphatic heterocycles. The third-order valence-corrected chi connectivity index (χ3v) is 3.90. The van der Waals surface area contributed by atoms with Crippen molar-refractivity contribution in [3.8, 4) is 0 Å². The standard InChI is InChI=1S/C15H16O2/c1-15(8-4-5-9-15)14(16)13-10-11-6-2-3-7-12(11)17-13/h2-3,6-7,10H,4-5,8-9H2,1H3. The number of fused-ring (bicyclic) bond motifs is 1. The van der Waals surface area contributed by atoms with Crippen LogP contribution in [0.25, 0.3) is 11.0 Å². The molecule has 0 saturated heterocycles. The Kier molecular flexibility index (Phi) is 2.32. The summed E-state index contributed by atoms with van der Waals surface area (Å²) in [6.07, 6.45) is 4.29. The van der Waals surface area contributed by atoms with Crippen LogP contribution in [0.5, 0.6) is 0 Å². The van der Waals surface area contributed by atoms with E-state index < -0.39 is 0 Å². The number of rotatable bonds is 2. The highest BCUT2D eigenvalue weighted by Gasteiger charge is 2.38. The normalized spacial score (nSPS) is 18.6. The van der Waals surface area contributed by atoms with Crippen molar-refractivity contribution >= 4 is 16.8 Å². The molecule has 1 aliphatic rings. The molecule has 2 nitrogen and oxygen atoms in total. The van der Waals surface area contributed by atoms with E-state index in [4.69, 9.17) is 4.42 Å². The fourth-order valence-electron chi connectivity index (χ4n) is 2.77. The molecule has 3 rings (SSSR count). The zero-order valence-corrected chi connectivity index (χ0v) is 10.0. The molecule has 2 aromatic rings. The van der Waals surface area contributed by atoms with Crippen molar-refractivity contribution in [2.24, 2.45) is 5.41 Å². The first-order chi connectivity index (χ1) is 8.19. The van der Waals surface area contributed by atoms with E-state index in [-0.39, 0.29) is 11.2 Å². The maximum Gasteiger partial charge on any atom is 0.203 e. The van der Waals surface area contributed by atoms with Gasteiger partial charge in [-0.05, 0) is 25.0 Å². The molecule has 0 N–H and O–H groups in total. The Labute approximate surface area is 101 Å². The summed E-state index contributed by atoms with van der Waals surface area (Å²) in [5.74, 6) is 0.696. The molecule has 0 unspecified atom stereocenters. The number of para-hydroxylation sites is 1. The summed E-state index contributed by atoms with van der Waals surface area (Å²) in [5.41, 5.74) is 0.603. The Bertz CT molecular complexity index is 526. The predicted molar refractivity (Wildman–Crippen MR) is 67.1 cm³/mol. The average molecular weight is 228 g/mol. The summed E-state index contributed by atoms with van der Waals surface area (Å²) in [4.78, 5) is 12.4. The second kappa shape index (κ2) is 3.73. The Balaban J connectivity index is 2.01. The fourth-order valence-corrected chi connectivity index (χ4v) is 2.77. The average Bonchev–Trinajstić information content (AvgIpc) is 2.94. The van der Waals surface area contributed by atoms with Crippen molar-refractivity contribution in [3.63, 3.8) is 0 Å².